The molecule has 146 valence electrons. The summed E-state index contributed by atoms with van der Waals surface area (Å²) in [4.78, 5) is 11.5. The van der Waals surface area contributed by atoms with E-state index in [1.165, 1.54) is 13.2 Å². The molecule has 0 amide bonds. The summed E-state index contributed by atoms with van der Waals surface area (Å²) in [5.41, 5.74) is 4.97. The summed E-state index contributed by atoms with van der Waals surface area (Å²) >= 11 is 0. The van der Waals surface area contributed by atoms with Crippen LogP contribution in [0.15, 0.2) is 30.3 Å². The molecule has 0 aliphatic carbocycles. The lowest BCUT2D eigenvalue weighted by atomic mass is 9.81. The predicted molar refractivity (Wildman–Crippen MR) is 107 cm³/mol. The van der Waals surface area contributed by atoms with Gasteiger partial charge in [0.2, 0.25) is 0 Å². The van der Waals surface area contributed by atoms with Gasteiger partial charge < -0.3 is 25.0 Å². The number of nitrogens with one attached hydrogen (secondary N) is 1. The Morgan fingerprint density at radius 1 is 1.25 bits per heavy atom. The van der Waals surface area contributed by atoms with Gasteiger partial charge in [-0.3, -0.25) is 4.79 Å². The summed E-state index contributed by atoms with van der Waals surface area (Å²) in [5, 5.41) is 23.2. The van der Waals surface area contributed by atoms with Crippen molar-refractivity contribution in [2.24, 2.45) is 0 Å². The zero-order chi connectivity index (χ0) is 20.2. The van der Waals surface area contributed by atoms with Crippen molar-refractivity contribution in [1.82, 2.24) is 0 Å². The molecule has 2 aliphatic heterocycles. The summed E-state index contributed by atoms with van der Waals surface area (Å²) in [6.45, 7) is 6.19. The number of ether oxygens (including phenoxy) is 2. The zero-order valence-electron chi connectivity index (χ0n) is 16.3. The van der Waals surface area contributed by atoms with Gasteiger partial charge in [-0.2, -0.15) is 0 Å². The van der Waals surface area contributed by atoms with Gasteiger partial charge in [-0.15, -0.1) is 0 Å². The molecule has 0 spiro atoms. The fourth-order valence-electron chi connectivity index (χ4n) is 4.33. The monoisotopic (exact) mass is 381 g/mol. The van der Waals surface area contributed by atoms with Crippen molar-refractivity contribution in [3.63, 3.8) is 0 Å². The maximum Gasteiger partial charge on any atom is 0.307 e. The molecule has 3 N–H and O–H groups in total. The highest BCUT2D eigenvalue weighted by Crippen LogP contribution is 2.54. The normalized spacial score (nSPS) is 18.6. The smallest absolute Gasteiger partial charge is 0.307 e. The van der Waals surface area contributed by atoms with E-state index in [2.05, 4.69) is 25.2 Å². The minimum absolute atomic E-state index is 0.0109. The summed E-state index contributed by atoms with van der Waals surface area (Å²) in [7, 11) is 1.49. The van der Waals surface area contributed by atoms with Gasteiger partial charge in [-0.25, -0.2) is 0 Å². The molecule has 6 heteroatoms. The topological polar surface area (TPSA) is 88.0 Å². The third kappa shape index (κ3) is 2.76. The van der Waals surface area contributed by atoms with Crippen molar-refractivity contribution < 1.29 is 24.5 Å². The van der Waals surface area contributed by atoms with Crippen LogP contribution in [0, 0.1) is 0 Å². The van der Waals surface area contributed by atoms with Crippen LogP contribution in [0.1, 0.15) is 44.4 Å². The first-order valence-corrected chi connectivity index (χ1v) is 9.15. The van der Waals surface area contributed by atoms with Crippen molar-refractivity contribution in [1.29, 1.82) is 0 Å². The molecule has 0 radical (unpaired) electrons. The molecule has 1 atom stereocenters. The number of carboxylic acid groups (broad SMARTS) is 1. The van der Waals surface area contributed by atoms with Crippen LogP contribution in [0.4, 0.5) is 5.69 Å². The van der Waals surface area contributed by atoms with Crippen LogP contribution in [-0.4, -0.2) is 28.8 Å². The summed E-state index contributed by atoms with van der Waals surface area (Å²) < 4.78 is 11.6. The van der Waals surface area contributed by atoms with Crippen LogP contribution in [0.2, 0.25) is 0 Å². The number of fused-ring (bicyclic) bond motifs is 5. The molecular formula is C22H23NO5. The molecule has 1 unspecified atom stereocenters. The van der Waals surface area contributed by atoms with Gasteiger partial charge in [0.05, 0.1) is 24.6 Å². The number of phenols is 1. The van der Waals surface area contributed by atoms with E-state index < -0.39 is 12.1 Å². The second-order valence-electron chi connectivity index (χ2n) is 7.82. The Kier molecular flexibility index (Phi) is 4.03. The Morgan fingerprint density at radius 2 is 2.00 bits per heavy atom. The zero-order valence-corrected chi connectivity index (χ0v) is 16.3. The highest BCUT2D eigenvalue weighted by atomic mass is 16.5. The SMILES string of the molecule is COc1c(O)ccc2c1-c1ccc3c(c1C(CC(=O)O)O2)C(C)=CC(C)(C)N3. The number of rotatable bonds is 3. The van der Waals surface area contributed by atoms with Crippen molar-refractivity contribution in [3.8, 4) is 28.4 Å². The van der Waals surface area contributed by atoms with E-state index in [0.717, 1.165) is 28.0 Å². The van der Waals surface area contributed by atoms with Crippen molar-refractivity contribution in [3.05, 3.63) is 41.5 Å². The Balaban J connectivity index is 2.04. The standard InChI is InChI=1S/C22H23NO5/c1-11-10-22(2,3)23-13-6-5-12-19(18(11)13)16(9-17(25)26)28-15-8-7-14(24)21(27-4)20(12)15/h5-8,10,16,23-24H,9H2,1-4H3,(H,25,26). The fraction of sp³-hybridized carbons (Fsp3) is 0.318. The lowest BCUT2D eigenvalue weighted by Crippen LogP contribution is -2.32. The molecule has 2 heterocycles. The largest absolute Gasteiger partial charge is 0.504 e. The van der Waals surface area contributed by atoms with E-state index in [9.17, 15) is 15.0 Å². The van der Waals surface area contributed by atoms with Gasteiger partial charge in [0.1, 0.15) is 11.9 Å². The average molecular weight is 381 g/mol. The number of carbonyl (C=O) groups is 1. The number of hydrogen-bond donors (Lipinski definition) is 3. The molecule has 4 rings (SSSR count). The van der Waals surface area contributed by atoms with Crippen LogP contribution in [0.3, 0.4) is 0 Å². The Bertz CT molecular complexity index is 1020. The van der Waals surface area contributed by atoms with Crippen LogP contribution in [0.25, 0.3) is 16.7 Å². The average Bonchev–Trinajstić information content (AvgIpc) is 2.60. The summed E-state index contributed by atoms with van der Waals surface area (Å²) in [6.07, 6.45) is 1.32. The van der Waals surface area contributed by atoms with E-state index in [0.29, 0.717) is 17.1 Å². The highest BCUT2D eigenvalue weighted by Gasteiger charge is 2.36. The maximum absolute atomic E-state index is 11.5. The number of carboxylic acids is 1. The number of phenolic OH excluding ortho intramolecular Hbond substituents is 1. The van der Waals surface area contributed by atoms with Crippen molar-refractivity contribution >= 4 is 17.2 Å². The minimum atomic E-state index is -0.937. The third-order valence-electron chi connectivity index (χ3n) is 5.20. The molecular weight excluding hydrogens is 358 g/mol. The number of allylic oxidation sites excluding steroid dienone is 1. The lowest BCUT2D eigenvalue weighted by molar-refractivity contribution is -0.138. The molecule has 0 saturated heterocycles. The Morgan fingerprint density at radius 3 is 2.68 bits per heavy atom. The van der Waals surface area contributed by atoms with E-state index in [1.807, 2.05) is 19.1 Å². The number of hydrogen-bond acceptors (Lipinski definition) is 5. The first-order valence-electron chi connectivity index (χ1n) is 9.15. The number of aliphatic carboxylic acids is 1. The quantitative estimate of drug-likeness (QED) is 0.721. The molecule has 0 fully saturated rings. The van der Waals surface area contributed by atoms with E-state index in [1.54, 1.807) is 6.07 Å². The van der Waals surface area contributed by atoms with E-state index in [4.69, 9.17) is 9.47 Å². The van der Waals surface area contributed by atoms with Crippen molar-refractivity contribution in [2.75, 3.05) is 12.4 Å². The van der Waals surface area contributed by atoms with Crippen LogP contribution in [0.5, 0.6) is 17.2 Å². The molecule has 0 bridgehead atoms. The minimum Gasteiger partial charge on any atom is -0.504 e. The molecule has 6 nitrogen and oxygen atoms in total. The number of methoxy groups -OCH3 is 1. The number of benzene rings is 2. The molecule has 0 aromatic heterocycles. The first kappa shape index (κ1) is 18.2. The Hall–Kier alpha value is -3.15. The van der Waals surface area contributed by atoms with Gasteiger partial charge in [-0.05, 0) is 50.1 Å². The van der Waals surface area contributed by atoms with Gasteiger partial charge >= 0.3 is 5.97 Å². The van der Waals surface area contributed by atoms with Gasteiger partial charge in [0.25, 0.3) is 0 Å². The lowest BCUT2D eigenvalue weighted by Gasteiger charge is -2.37. The molecule has 2 aromatic carbocycles. The predicted octanol–water partition coefficient (Wildman–Crippen LogP) is 4.58. The fourth-order valence-corrected chi connectivity index (χ4v) is 4.33. The molecule has 0 saturated carbocycles. The number of anilines is 1. The van der Waals surface area contributed by atoms with Crippen LogP contribution < -0.4 is 14.8 Å². The third-order valence-corrected chi connectivity index (χ3v) is 5.20. The van der Waals surface area contributed by atoms with Crippen LogP contribution >= 0.6 is 0 Å². The summed E-state index contributed by atoms with van der Waals surface area (Å²) in [5.74, 6) is -0.109. The number of aromatic hydroxyl groups is 1. The highest BCUT2D eigenvalue weighted by molar-refractivity contribution is 5.92. The van der Waals surface area contributed by atoms with E-state index >= 15 is 0 Å². The van der Waals surface area contributed by atoms with Crippen molar-refractivity contribution in [2.45, 2.75) is 38.8 Å². The second kappa shape index (κ2) is 6.19. The molecule has 2 aromatic rings. The molecule has 28 heavy (non-hydrogen) atoms. The summed E-state index contributed by atoms with van der Waals surface area (Å²) in [6, 6.07) is 7.07. The maximum atomic E-state index is 11.5. The van der Waals surface area contributed by atoms with Gasteiger partial charge in [-0.1, -0.05) is 12.1 Å². The van der Waals surface area contributed by atoms with Crippen LogP contribution in [-0.2, 0) is 4.79 Å². The molecule has 2 aliphatic rings. The van der Waals surface area contributed by atoms with E-state index in [-0.39, 0.29) is 17.7 Å². The van der Waals surface area contributed by atoms with Gasteiger partial charge in [0.15, 0.2) is 11.5 Å². The second-order valence-corrected chi connectivity index (χ2v) is 7.82. The Labute approximate surface area is 163 Å². The van der Waals surface area contributed by atoms with Gasteiger partial charge in [0, 0.05) is 16.8 Å². The first-order chi connectivity index (χ1) is 13.2.